The van der Waals surface area contributed by atoms with Gasteiger partial charge in [-0.3, -0.25) is 0 Å². The first-order valence-corrected chi connectivity index (χ1v) is 4.58. The lowest BCUT2D eigenvalue weighted by Gasteiger charge is -2.28. The lowest BCUT2D eigenvalue weighted by molar-refractivity contribution is 0.252. The van der Waals surface area contributed by atoms with Gasteiger partial charge in [-0.25, -0.2) is 0 Å². The van der Waals surface area contributed by atoms with Crippen molar-refractivity contribution < 1.29 is 0 Å². The summed E-state index contributed by atoms with van der Waals surface area (Å²) in [5.74, 6) is 2.55. The Balaban J connectivity index is 2.49. The quantitative estimate of drug-likeness (QED) is 0.502. The molecule has 0 bridgehead atoms. The summed E-state index contributed by atoms with van der Waals surface area (Å²) in [5, 5.41) is 0. The fraction of sp³-hybridized carbons (Fsp3) is 0.727. The molecule has 2 atom stereocenters. The van der Waals surface area contributed by atoms with Crippen molar-refractivity contribution in [1.29, 1.82) is 0 Å². The van der Waals surface area contributed by atoms with Crippen LogP contribution in [0.2, 0.25) is 0 Å². The average Bonchev–Trinajstić information content (AvgIpc) is 1.85. The van der Waals surface area contributed by atoms with Crippen molar-refractivity contribution in [2.75, 3.05) is 0 Å². The largest absolute Gasteiger partial charge is 0.133 e. The van der Waals surface area contributed by atoms with Crippen molar-refractivity contribution in [2.45, 2.75) is 33.1 Å². The molecule has 1 fully saturated rings. The monoisotopic (exact) mass is 150 g/mol. The molecule has 0 spiro atoms. The van der Waals surface area contributed by atoms with Crippen LogP contribution >= 0.6 is 0 Å². The van der Waals surface area contributed by atoms with Crippen LogP contribution in [-0.4, -0.2) is 0 Å². The third-order valence-electron chi connectivity index (χ3n) is 2.57. The minimum absolute atomic E-state index is 0.756. The first-order valence-electron chi connectivity index (χ1n) is 4.58. The minimum Gasteiger partial charge on any atom is -0.133 e. The van der Waals surface area contributed by atoms with Crippen molar-refractivity contribution in [3.63, 3.8) is 0 Å². The molecule has 0 N–H and O–H groups in total. The summed E-state index contributed by atoms with van der Waals surface area (Å²) in [6.07, 6.45) is 6.23. The van der Waals surface area contributed by atoms with Crippen LogP contribution in [0.4, 0.5) is 0 Å². The molecule has 11 heavy (non-hydrogen) atoms. The molecule has 62 valence electrons. The highest BCUT2D eigenvalue weighted by atomic mass is 14.3. The van der Waals surface area contributed by atoms with E-state index in [0.717, 1.165) is 17.8 Å². The SMILES string of the molecule is C=C=CC1CC(C)CC(C)C1. The summed E-state index contributed by atoms with van der Waals surface area (Å²) in [7, 11) is 0. The van der Waals surface area contributed by atoms with E-state index in [-0.39, 0.29) is 0 Å². The fourth-order valence-electron chi connectivity index (χ4n) is 2.31. The zero-order chi connectivity index (χ0) is 8.27. The molecule has 0 aromatic heterocycles. The molecule has 0 aromatic carbocycles. The zero-order valence-corrected chi connectivity index (χ0v) is 7.64. The Morgan fingerprint density at radius 1 is 1.18 bits per heavy atom. The summed E-state index contributed by atoms with van der Waals surface area (Å²) in [6.45, 7) is 8.32. The summed E-state index contributed by atoms with van der Waals surface area (Å²) < 4.78 is 0. The van der Waals surface area contributed by atoms with Gasteiger partial charge in [0.05, 0.1) is 0 Å². The van der Waals surface area contributed by atoms with Crippen LogP contribution in [-0.2, 0) is 0 Å². The van der Waals surface area contributed by atoms with Crippen molar-refractivity contribution >= 4 is 0 Å². The van der Waals surface area contributed by atoms with Gasteiger partial charge in [0.25, 0.3) is 0 Å². The molecule has 1 aliphatic carbocycles. The van der Waals surface area contributed by atoms with E-state index in [2.05, 4.69) is 32.2 Å². The molecule has 1 rings (SSSR count). The highest BCUT2D eigenvalue weighted by Crippen LogP contribution is 2.33. The van der Waals surface area contributed by atoms with Crippen LogP contribution in [0.15, 0.2) is 18.4 Å². The van der Waals surface area contributed by atoms with Gasteiger partial charge in [0.1, 0.15) is 0 Å². The van der Waals surface area contributed by atoms with Crippen LogP contribution in [0.25, 0.3) is 0 Å². The molecule has 0 saturated heterocycles. The average molecular weight is 150 g/mol. The normalized spacial score (nSPS) is 37.8. The van der Waals surface area contributed by atoms with E-state index >= 15 is 0 Å². The molecule has 0 radical (unpaired) electrons. The highest BCUT2D eigenvalue weighted by molar-refractivity contribution is 4.89. The van der Waals surface area contributed by atoms with Crippen LogP contribution in [0.3, 0.4) is 0 Å². The van der Waals surface area contributed by atoms with E-state index in [9.17, 15) is 0 Å². The maximum atomic E-state index is 3.62. The van der Waals surface area contributed by atoms with Crippen molar-refractivity contribution in [1.82, 2.24) is 0 Å². The van der Waals surface area contributed by atoms with Gasteiger partial charge in [0.2, 0.25) is 0 Å². The van der Waals surface area contributed by atoms with Crippen molar-refractivity contribution in [3.8, 4) is 0 Å². The Bertz CT molecular complexity index is 153. The molecule has 1 saturated carbocycles. The second-order valence-corrected chi connectivity index (χ2v) is 4.05. The standard InChI is InChI=1S/C11H18/c1-4-5-11-7-9(2)6-10(3)8-11/h5,9-11H,1,6-8H2,2-3H3. The van der Waals surface area contributed by atoms with E-state index < -0.39 is 0 Å². The number of hydrogen-bond donors (Lipinski definition) is 0. The Morgan fingerprint density at radius 3 is 2.18 bits per heavy atom. The first kappa shape index (κ1) is 8.62. The van der Waals surface area contributed by atoms with E-state index in [4.69, 9.17) is 0 Å². The Kier molecular flexibility index (Phi) is 2.96. The molecular weight excluding hydrogens is 132 g/mol. The van der Waals surface area contributed by atoms with Crippen LogP contribution < -0.4 is 0 Å². The second-order valence-electron chi connectivity index (χ2n) is 4.05. The van der Waals surface area contributed by atoms with Gasteiger partial charge in [-0.15, -0.1) is 5.73 Å². The van der Waals surface area contributed by atoms with Crippen molar-refractivity contribution in [2.24, 2.45) is 17.8 Å². The lowest BCUT2D eigenvalue weighted by atomic mass is 9.77. The maximum Gasteiger partial charge on any atom is -0.0153 e. The van der Waals surface area contributed by atoms with Gasteiger partial charge in [-0.2, -0.15) is 0 Å². The highest BCUT2D eigenvalue weighted by Gasteiger charge is 2.21. The number of allylic oxidation sites excluding steroid dienone is 1. The predicted molar refractivity (Wildman–Crippen MR) is 49.4 cm³/mol. The molecule has 2 unspecified atom stereocenters. The Hall–Kier alpha value is -0.480. The van der Waals surface area contributed by atoms with Gasteiger partial charge in [0, 0.05) is 0 Å². The number of hydrogen-bond acceptors (Lipinski definition) is 0. The second kappa shape index (κ2) is 3.78. The molecule has 0 aliphatic heterocycles. The van der Waals surface area contributed by atoms with Crippen LogP contribution in [0, 0.1) is 17.8 Å². The van der Waals surface area contributed by atoms with Gasteiger partial charge in [0.15, 0.2) is 0 Å². The summed E-state index contributed by atoms with van der Waals surface area (Å²) in [4.78, 5) is 0. The Morgan fingerprint density at radius 2 is 1.73 bits per heavy atom. The number of rotatable bonds is 1. The molecule has 0 amide bonds. The lowest BCUT2D eigenvalue weighted by Crippen LogP contribution is -2.17. The molecule has 0 heterocycles. The molecule has 0 aromatic rings. The summed E-state index contributed by atoms with van der Waals surface area (Å²) >= 11 is 0. The van der Waals surface area contributed by atoms with E-state index in [0.29, 0.717) is 0 Å². The van der Waals surface area contributed by atoms with Gasteiger partial charge >= 0.3 is 0 Å². The molecule has 0 nitrogen and oxygen atoms in total. The first-order chi connectivity index (χ1) is 5.22. The Labute approximate surface area is 70.0 Å². The predicted octanol–water partition coefficient (Wildman–Crippen LogP) is 3.40. The summed E-state index contributed by atoms with van der Waals surface area (Å²) in [5.41, 5.74) is 2.90. The van der Waals surface area contributed by atoms with Crippen LogP contribution in [0.5, 0.6) is 0 Å². The smallest absolute Gasteiger partial charge is 0.0153 e. The third-order valence-corrected chi connectivity index (χ3v) is 2.57. The fourth-order valence-corrected chi connectivity index (χ4v) is 2.31. The minimum atomic E-state index is 0.756. The van der Waals surface area contributed by atoms with E-state index in [1.807, 2.05) is 0 Å². The zero-order valence-electron chi connectivity index (χ0n) is 7.64. The van der Waals surface area contributed by atoms with Gasteiger partial charge < -0.3 is 0 Å². The van der Waals surface area contributed by atoms with E-state index in [1.54, 1.807) is 0 Å². The molecular formula is C11H18. The third kappa shape index (κ3) is 2.55. The van der Waals surface area contributed by atoms with Crippen LogP contribution in [0.1, 0.15) is 33.1 Å². The van der Waals surface area contributed by atoms with Crippen molar-refractivity contribution in [3.05, 3.63) is 18.4 Å². The van der Waals surface area contributed by atoms with Gasteiger partial charge in [-0.05, 0) is 43.1 Å². The maximum absolute atomic E-state index is 3.62. The topological polar surface area (TPSA) is 0 Å². The molecule has 1 aliphatic rings. The van der Waals surface area contributed by atoms with E-state index in [1.165, 1.54) is 19.3 Å². The summed E-state index contributed by atoms with van der Waals surface area (Å²) in [6, 6.07) is 0. The molecule has 0 heteroatoms. The van der Waals surface area contributed by atoms with Gasteiger partial charge in [-0.1, -0.05) is 20.4 Å².